The smallest absolute Gasteiger partial charge is 0.255 e. The number of aromatic nitrogens is 2. The second kappa shape index (κ2) is 10.7. The highest BCUT2D eigenvalue weighted by Crippen LogP contribution is 2.22. The predicted molar refractivity (Wildman–Crippen MR) is 125 cm³/mol. The van der Waals surface area contributed by atoms with Crippen LogP contribution in [0.2, 0.25) is 0 Å². The quantitative estimate of drug-likeness (QED) is 0.525. The molecule has 3 rings (SSSR count). The van der Waals surface area contributed by atoms with Gasteiger partial charge in [-0.15, -0.1) is 0 Å². The lowest BCUT2D eigenvalue weighted by molar-refractivity contribution is 0.104. The molecule has 2 aromatic heterocycles. The maximum atomic E-state index is 12.7. The average Bonchev–Trinajstić information content (AvgIpc) is 2.79. The van der Waals surface area contributed by atoms with Crippen molar-refractivity contribution in [3.63, 3.8) is 0 Å². The van der Waals surface area contributed by atoms with Gasteiger partial charge in [-0.3, -0.25) is 4.79 Å². The maximum absolute atomic E-state index is 12.7. The molecule has 31 heavy (non-hydrogen) atoms. The summed E-state index contributed by atoms with van der Waals surface area (Å²) in [6, 6.07) is 14.0. The van der Waals surface area contributed by atoms with Crippen molar-refractivity contribution in [2.24, 2.45) is 0 Å². The van der Waals surface area contributed by atoms with Crippen molar-refractivity contribution in [1.29, 1.82) is 0 Å². The molecule has 0 atom stereocenters. The van der Waals surface area contributed by atoms with Gasteiger partial charge in [0.15, 0.2) is 0 Å². The minimum Gasteiger partial charge on any atom is -0.481 e. The van der Waals surface area contributed by atoms with Gasteiger partial charge >= 0.3 is 0 Å². The van der Waals surface area contributed by atoms with Crippen molar-refractivity contribution < 1.29 is 9.47 Å². The number of methoxy groups -OCH3 is 1. The Morgan fingerprint density at radius 1 is 0.968 bits per heavy atom. The van der Waals surface area contributed by atoms with Gasteiger partial charge in [0, 0.05) is 22.5 Å². The van der Waals surface area contributed by atoms with Crippen molar-refractivity contribution >= 4 is 12.2 Å². The fourth-order valence-corrected chi connectivity index (χ4v) is 3.51. The van der Waals surface area contributed by atoms with Crippen LogP contribution in [0.4, 0.5) is 0 Å². The molecule has 0 radical (unpaired) electrons. The summed E-state index contributed by atoms with van der Waals surface area (Å²) in [4.78, 5) is 20.2. The fraction of sp³-hybridized carbons (Fsp3) is 0.308. The highest BCUT2D eigenvalue weighted by Gasteiger charge is 2.09. The first kappa shape index (κ1) is 22.5. The van der Waals surface area contributed by atoms with E-state index in [2.05, 4.69) is 29.9 Å². The molecule has 5 nitrogen and oxygen atoms in total. The summed E-state index contributed by atoms with van der Waals surface area (Å²) in [5.41, 5.74) is 6.44. The first-order valence-corrected chi connectivity index (χ1v) is 10.6. The standard InChI is InChI=1S/C26H30N2O3/c1-5-20-14-23(26(30-4)27-18(20)3)13-12-22-15-21(6-2)24(28-25(22)29)17-31-16-19-10-8-7-9-11-19/h7-15H,5-6,16-17H2,1-4H3,(H,28,29). The van der Waals surface area contributed by atoms with Crippen LogP contribution in [-0.2, 0) is 30.8 Å². The van der Waals surface area contributed by atoms with Crippen LogP contribution in [-0.4, -0.2) is 17.1 Å². The van der Waals surface area contributed by atoms with Gasteiger partial charge in [0.2, 0.25) is 5.88 Å². The zero-order valence-electron chi connectivity index (χ0n) is 18.7. The van der Waals surface area contributed by atoms with Crippen LogP contribution in [0.3, 0.4) is 0 Å². The Morgan fingerprint density at radius 3 is 2.32 bits per heavy atom. The first-order valence-electron chi connectivity index (χ1n) is 10.6. The molecular weight excluding hydrogens is 388 g/mol. The molecule has 162 valence electrons. The van der Waals surface area contributed by atoms with E-state index in [1.54, 1.807) is 7.11 Å². The van der Waals surface area contributed by atoms with E-state index in [1.807, 2.05) is 55.5 Å². The minimum absolute atomic E-state index is 0.137. The number of aromatic amines is 1. The summed E-state index contributed by atoms with van der Waals surface area (Å²) < 4.78 is 11.3. The summed E-state index contributed by atoms with van der Waals surface area (Å²) in [6.45, 7) is 7.02. The Morgan fingerprint density at radius 2 is 1.65 bits per heavy atom. The molecule has 0 bridgehead atoms. The molecule has 0 aliphatic rings. The fourth-order valence-electron chi connectivity index (χ4n) is 3.51. The summed E-state index contributed by atoms with van der Waals surface area (Å²) in [7, 11) is 1.61. The Balaban J connectivity index is 1.81. The third-order valence-corrected chi connectivity index (χ3v) is 5.31. The van der Waals surface area contributed by atoms with Gasteiger partial charge in [-0.05, 0) is 60.7 Å². The molecule has 0 unspecified atom stereocenters. The highest BCUT2D eigenvalue weighted by molar-refractivity contribution is 5.72. The van der Waals surface area contributed by atoms with E-state index in [1.165, 1.54) is 0 Å². The van der Waals surface area contributed by atoms with E-state index in [4.69, 9.17) is 9.47 Å². The minimum atomic E-state index is -0.137. The lowest BCUT2D eigenvalue weighted by Gasteiger charge is -2.11. The number of hydrogen-bond acceptors (Lipinski definition) is 4. The molecule has 0 amide bonds. The molecule has 0 fully saturated rings. The van der Waals surface area contributed by atoms with Crippen molar-refractivity contribution in [2.75, 3.05) is 7.11 Å². The number of benzene rings is 1. The van der Waals surface area contributed by atoms with Gasteiger partial charge < -0.3 is 14.5 Å². The molecule has 1 N–H and O–H groups in total. The van der Waals surface area contributed by atoms with Gasteiger partial charge in [0.25, 0.3) is 5.56 Å². The van der Waals surface area contributed by atoms with Gasteiger partial charge in [0.05, 0.1) is 20.3 Å². The molecule has 0 aliphatic heterocycles. The zero-order chi connectivity index (χ0) is 22.2. The van der Waals surface area contributed by atoms with Gasteiger partial charge in [-0.1, -0.05) is 44.2 Å². The van der Waals surface area contributed by atoms with E-state index in [0.717, 1.165) is 46.5 Å². The Bertz CT molecular complexity index is 1100. The van der Waals surface area contributed by atoms with E-state index in [9.17, 15) is 4.79 Å². The molecular formula is C26H30N2O3. The maximum Gasteiger partial charge on any atom is 0.255 e. The molecule has 1 aromatic carbocycles. The van der Waals surface area contributed by atoms with Gasteiger partial charge in [-0.25, -0.2) is 4.98 Å². The van der Waals surface area contributed by atoms with Crippen LogP contribution >= 0.6 is 0 Å². The Labute approximate surface area is 183 Å². The first-order chi connectivity index (χ1) is 15.0. The molecule has 0 aliphatic carbocycles. The summed E-state index contributed by atoms with van der Waals surface area (Å²) >= 11 is 0. The van der Waals surface area contributed by atoms with Crippen LogP contribution in [0.25, 0.3) is 12.2 Å². The van der Waals surface area contributed by atoms with Crippen LogP contribution in [0, 0.1) is 6.92 Å². The van der Waals surface area contributed by atoms with Crippen LogP contribution in [0.5, 0.6) is 5.88 Å². The normalized spacial score (nSPS) is 11.2. The molecule has 0 saturated carbocycles. The Kier molecular flexibility index (Phi) is 7.79. The average molecular weight is 419 g/mol. The number of H-pyrrole nitrogens is 1. The number of pyridine rings is 2. The monoisotopic (exact) mass is 418 g/mol. The van der Waals surface area contributed by atoms with E-state index >= 15 is 0 Å². The lowest BCUT2D eigenvalue weighted by atomic mass is 10.1. The third-order valence-electron chi connectivity index (χ3n) is 5.31. The summed E-state index contributed by atoms with van der Waals surface area (Å²) in [5, 5.41) is 0. The number of nitrogens with zero attached hydrogens (tertiary/aromatic N) is 1. The zero-order valence-corrected chi connectivity index (χ0v) is 18.7. The molecule has 5 heteroatoms. The van der Waals surface area contributed by atoms with Crippen molar-refractivity contribution in [3.8, 4) is 5.88 Å². The van der Waals surface area contributed by atoms with E-state index in [-0.39, 0.29) is 5.56 Å². The second-order valence-electron chi connectivity index (χ2n) is 7.41. The number of hydrogen-bond donors (Lipinski definition) is 1. The predicted octanol–water partition coefficient (Wildman–Crippen LogP) is 5.10. The SMILES string of the molecule is CCc1cc(C=Cc2cc(CC)c(COCc3ccccc3)[nH]c2=O)c(OC)nc1C. The van der Waals surface area contributed by atoms with Gasteiger partial charge in [0.1, 0.15) is 0 Å². The van der Waals surface area contributed by atoms with Crippen LogP contribution in [0.1, 0.15) is 53.1 Å². The van der Waals surface area contributed by atoms with Gasteiger partial charge in [-0.2, -0.15) is 0 Å². The Hall–Kier alpha value is -3.18. The van der Waals surface area contributed by atoms with Crippen molar-refractivity contribution in [2.45, 2.75) is 46.8 Å². The molecule has 2 heterocycles. The number of aryl methyl sites for hydroxylation is 3. The second-order valence-corrected chi connectivity index (χ2v) is 7.41. The van der Waals surface area contributed by atoms with E-state index in [0.29, 0.717) is 24.7 Å². The lowest BCUT2D eigenvalue weighted by Crippen LogP contribution is -2.15. The summed E-state index contributed by atoms with van der Waals surface area (Å²) in [5.74, 6) is 0.559. The molecule has 0 spiro atoms. The number of nitrogens with one attached hydrogen (secondary N) is 1. The topological polar surface area (TPSA) is 64.2 Å². The number of rotatable bonds is 9. The van der Waals surface area contributed by atoms with Crippen molar-refractivity contribution in [1.82, 2.24) is 9.97 Å². The number of ether oxygens (including phenoxy) is 2. The van der Waals surface area contributed by atoms with E-state index < -0.39 is 0 Å². The largest absolute Gasteiger partial charge is 0.481 e. The third kappa shape index (κ3) is 5.70. The molecule has 0 saturated heterocycles. The highest BCUT2D eigenvalue weighted by atomic mass is 16.5. The summed E-state index contributed by atoms with van der Waals surface area (Å²) in [6.07, 6.45) is 5.40. The molecule has 3 aromatic rings. The van der Waals surface area contributed by atoms with Crippen molar-refractivity contribution in [3.05, 3.63) is 92.0 Å². The van der Waals surface area contributed by atoms with Crippen LogP contribution < -0.4 is 10.3 Å². The van der Waals surface area contributed by atoms with Crippen LogP contribution in [0.15, 0.2) is 47.3 Å².